The fourth-order valence-electron chi connectivity index (χ4n) is 3.12. The van der Waals surface area contributed by atoms with Gasteiger partial charge in [-0.1, -0.05) is 110 Å². The van der Waals surface area contributed by atoms with Crippen LogP contribution in [0.4, 0.5) is 0 Å². The minimum atomic E-state index is -1.65. The lowest BCUT2D eigenvalue weighted by Crippen LogP contribution is -1.96. The van der Waals surface area contributed by atoms with E-state index in [2.05, 4.69) is 27.7 Å². The maximum atomic E-state index is 9.67. The van der Waals surface area contributed by atoms with Crippen molar-refractivity contribution >= 4 is 8.60 Å². The molecule has 31 heavy (non-hydrogen) atoms. The van der Waals surface area contributed by atoms with Crippen molar-refractivity contribution in [2.45, 2.75) is 105 Å². The van der Waals surface area contributed by atoms with Gasteiger partial charge in [0.15, 0.2) is 0 Å². The van der Waals surface area contributed by atoms with E-state index in [4.69, 9.17) is 14.2 Å². The number of aromatic hydroxyl groups is 1. The molecule has 182 valence electrons. The Morgan fingerprint density at radius 2 is 1.03 bits per heavy atom. The summed E-state index contributed by atoms with van der Waals surface area (Å²) < 4.78 is 10.7. The van der Waals surface area contributed by atoms with E-state index in [1.165, 1.54) is 64.2 Å². The number of rotatable bonds is 18. The Bertz CT molecular complexity index is 444. The fourth-order valence-corrected chi connectivity index (χ4v) is 3.77. The van der Waals surface area contributed by atoms with Crippen molar-refractivity contribution in [1.29, 1.82) is 0 Å². The van der Waals surface area contributed by atoms with Gasteiger partial charge in [-0.15, -0.1) is 0 Å². The highest BCUT2D eigenvalue weighted by atomic mass is 31.2. The zero-order chi connectivity index (χ0) is 23.2. The van der Waals surface area contributed by atoms with Crippen LogP contribution in [0.1, 0.15) is 105 Å². The SMILES string of the molecule is CC(C)CCCCCCCOP(O)OCCCCCCCC(C)C.Oc1ccccc1. The van der Waals surface area contributed by atoms with Crippen molar-refractivity contribution in [1.82, 2.24) is 0 Å². The molecule has 1 rings (SSSR count). The van der Waals surface area contributed by atoms with Crippen molar-refractivity contribution in [3.05, 3.63) is 30.3 Å². The van der Waals surface area contributed by atoms with Gasteiger partial charge in [-0.3, -0.25) is 0 Å². The number of phenols is 1. The Morgan fingerprint density at radius 1 is 0.645 bits per heavy atom. The summed E-state index contributed by atoms with van der Waals surface area (Å²) in [6, 6.07) is 8.71. The van der Waals surface area contributed by atoms with E-state index in [-0.39, 0.29) is 0 Å². The Hall–Kier alpha value is -0.670. The molecule has 0 amide bonds. The Morgan fingerprint density at radius 3 is 1.39 bits per heavy atom. The van der Waals surface area contributed by atoms with Crippen LogP contribution in [0, 0.1) is 11.8 Å². The lowest BCUT2D eigenvalue weighted by molar-refractivity contribution is 0.193. The van der Waals surface area contributed by atoms with Crippen LogP contribution < -0.4 is 0 Å². The van der Waals surface area contributed by atoms with E-state index >= 15 is 0 Å². The molecular formula is C26H49O4P. The lowest BCUT2D eigenvalue weighted by atomic mass is 10.0. The van der Waals surface area contributed by atoms with Crippen LogP contribution in [0.25, 0.3) is 0 Å². The van der Waals surface area contributed by atoms with Crippen LogP contribution >= 0.6 is 8.60 Å². The minimum Gasteiger partial charge on any atom is -0.508 e. The number of benzene rings is 1. The molecule has 0 atom stereocenters. The van der Waals surface area contributed by atoms with Gasteiger partial charge in [-0.2, -0.15) is 0 Å². The number of hydrogen-bond acceptors (Lipinski definition) is 4. The summed E-state index contributed by atoms with van der Waals surface area (Å²) in [5.74, 6) is 1.97. The van der Waals surface area contributed by atoms with Gasteiger partial charge in [-0.05, 0) is 36.8 Å². The third-order valence-electron chi connectivity index (χ3n) is 5.01. The third kappa shape index (κ3) is 25.5. The van der Waals surface area contributed by atoms with Crippen LogP contribution in [0.3, 0.4) is 0 Å². The maximum absolute atomic E-state index is 9.67. The summed E-state index contributed by atoms with van der Waals surface area (Å²) in [5.41, 5.74) is 0. The molecule has 5 heteroatoms. The standard InChI is InChI=1S/C20H43O3P.C6H6O/c1-19(2)15-11-7-5-9-13-17-22-24(21)23-18-14-10-6-8-12-16-20(3)4;7-6-4-2-1-3-5-6/h19-21H,5-18H2,1-4H3;1-5,7H. The summed E-state index contributed by atoms with van der Waals surface area (Å²) in [6.07, 6.45) is 15.0. The first-order valence-corrected chi connectivity index (χ1v) is 13.5. The normalized spacial score (nSPS) is 11.2. The van der Waals surface area contributed by atoms with Crippen molar-refractivity contribution in [3.8, 4) is 5.75 Å². The third-order valence-corrected chi connectivity index (χ3v) is 5.82. The van der Waals surface area contributed by atoms with E-state index < -0.39 is 8.60 Å². The Balaban J connectivity index is 0.00000107. The second kappa shape index (κ2) is 22.5. The average Bonchev–Trinajstić information content (AvgIpc) is 2.72. The van der Waals surface area contributed by atoms with Crippen LogP contribution in [-0.2, 0) is 9.05 Å². The number of hydrogen-bond donors (Lipinski definition) is 2. The lowest BCUT2D eigenvalue weighted by Gasteiger charge is -2.11. The fraction of sp³-hybridized carbons (Fsp3) is 0.769. The second-order valence-electron chi connectivity index (χ2n) is 9.14. The smallest absolute Gasteiger partial charge is 0.329 e. The van der Waals surface area contributed by atoms with E-state index in [9.17, 15) is 4.89 Å². The largest absolute Gasteiger partial charge is 0.508 e. The molecule has 0 aliphatic rings. The summed E-state index contributed by atoms with van der Waals surface area (Å²) in [4.78, 5) is 9.67. The van der Waals surface area contributed by atoms with Crippen LogP contribution in [0.2, 0.25) is 0 Å². The van der Waals surface area contributed by atoms with Gasteiger partial charge in [-0.25, -0.2) is 0 Å². The van der Waals surface area contributed by atoms with E-state index in [0.717, 1.165) is 24.7 Å². The van der Waals surface area contributed by atoms with Gasteiger partial charge in [0.1, 0.15) is 5.75 Å². The number of unbranched alkanes of at least 4 members (excludes halogenated alkanes) is 8. The van der Waals surface area contributed by atoms with Crippen molar-refractivity contribution in [2.75, 3.05) is 13.2 Å². The number of phenolic OH excluding ortho intramolecular Hbond substituents is 1. The quantitative estimate of drug-likeness (QED) is 0.171. The first-order valence-electron chi connectivity index (χ1n) is 12.4. The molecule has 0 aromatic heterocycles. The molecule has 1 aromatic carbocycles. The molecule has 4 nitrogen and oxygen atoms in total. The molecule has 0 bridgehead atoms. The zero-order valence-corrected chi connectivity index (χ0v) is 21.5. The van der Waals surface area contributed by atoms with Gasteiger partial charge in [0.2, 0.25) is 0 Å². The summed E-state index contributed by atoms with van der Waals surface area (Å²) in [5, 5.41) is 8.63. The molecule has 0 aliphatic carbocycles. The molecule has 0 saturated heterocycles. The summed E-state index contributed by atoms with van der Waals surface area (Å²) >= 11 is 0. The Labute approximate surface area is 193 Å². The minimum absolute atomic E-state index is 0.322. The van der Waals surface area contributed by atoms with Crippen molar-refractivity contribution in [2.24, 2.45) is 11.8 Å². The molecule has 0 heterocycles. The van der Waals surface area contributed by atoms with Gasteiger partial charge >= 0.3 is 8.60 Å². The van der Waals surface area contributed by atoms with Crippen LogP contribution in [0.15, 0.2) is 30.3 Å². The highest BCUT2D eigenvalue weighted by molar-refractivity contribution is 7.40. The van der Waals surface area contributed by atoms with Gasteiger partial charge < -0.3 is 19.0 Å². The average molecular weight is 457 g/mol. The van der Waals surface area contributed by atoms with Gasteiger partial charge in [0.05, 0.1) is 13.2 Å². The molecule has 0 saturated carbocycles. The molecule has 1 aromatic rings. The van der Waals surface area contributed by atoms with Crippen molar-refractivity contribution in [3.63, 3.8) is 0 Å². The monoisotopic (exact) mass is 456 g/mol. The predicted octanol–water partition coefficient (Wildman–Crippen LogP) is 8.62. The van der Waals surface area contributed by atoms with Gasteiger partial charge in [0.25, 0.3) is 0 Å². The summed E-state index contributed by atoms with van der Waals surface area (Å²) in [6.45, 7) is 10.4. The number of para-hydroxylation sites is 1. The Kier molecular flexibility index (Phi) is 22.0. The molecule has 0 spiro atoms. The maximum Gasteiger partial charge on any atom is 0.329 e. The van der Waals surface area contributed by atoms with Gasteiger partial charge in [0, 0.05) is 0 Å². The van der Waals surface area contributed by atoms with Crippen molar-refractivity contribution < 1.29 is 19.0 Å². The van der Waals surface area contributed by atoms with E-state index in [1.807, 2.05) is 6.07 Å². The molecule has 0 fully saturated rings. The van der Waals surface area contributed by atoms with Crippen LogP contribution in [-0.4, -0.2) is 23.2 Å². The topological polar surface area (TPSA) is 58.9 Å². The highest BCUT2D eigenvalue weighted by Crippen LogP contribution is 2.33. The molecule has 0 radical (unpaired) electrons. The molecule has 0 aliphatic heterocycles. The second-order valence-corrected chi connectivity index (χ2v) is 10.1. The highest BCUT2D eigenvalue weighted by Gasteiger charge is 2.06. The zero-order valence-electron chi connectivity index (χ0n) is 20.6. The molecular weight excluding hydrogens is 407 g/mol. The predicted molar refractivity (Wildman–Crippen MR) is 134 cm³/mol. The summed E-state index contributed by atoms with van der Waals surface area (Å²) in [7, 11) is -1.65. The molecule has 0 unspecified atom stereocenters. The van der Waals surface area contributed by atoms with Crippen LogP contribution in [0.5, 0.6) is 5.75 Å². The van der Waals surface area contributed by atoms with E-state index in [1.54, 1.807) is 24.3 Å². The first-order chi connectivity index (χ1) is 14.9. The molecule has 2 N–H and O–H groups in total. The van der Waals surface area contributed by atoms with E-state index in [0.29, 0.717) is 19.0 Å². The first kappa shape index (κ1) is 30.3.